The van der Waals surface area contributed by atoms with Crippen LogP contribution in [0.15, 0.2) is 25.9 Å². The fourth-order valence-corrected chi connectivity index (χ4v) is 4.59. The van der Waals surface area contributed by atoms with E-state index in [1.165, 1.54) is 35.4 Å². The van der Waals surface area contributed by atoms with Gasteiger partial charge in [-0.2, -0.15) is 0 Å². The number of hydrogen-bond donors (Lipinski definition) is 1. The van der Waals surface area contributed by atoms with Gasteiger partial charge in [0.1, 0.15) is 12.0 Å². The van der Waals surface area contributed by atoms with Gasteiger partial charge in [0.15, 0.2) is 4.34 Å². The average molecular weight is 422 g/mol. The zero-order valence-electron chi connectivity index (χ0n) is 15.0. The second-order valence-electron chi connectivity index (χ2n) is 6.90. The highest BCUT2D eigenvalue weighted by atomic mass is 32.2. The van der Waals surface area contributed by atoms with Crippen molar-refractivity contribution in [3.05, 3.63) is 28.3 Å². The van der Waals surface area contributed by atoms with Crippen LogP contribution in [0.25, 0.3) is 0 Å². The molecular formula is C18H19N3O5S2. The van der Waals surface area contributed by atoms with E-state index in [4.69, 9.17) is 9.15 Å². The van der Waals surface area contributed by atoms with Crippen molar-refractivity contribution in [2.24, 2.45) is 11.8 Å². The van der Waals surface area contributed by atoms with Crippen LogP contribution in [-0.4, -0.2) is 22.1 Å². The van der Waals surface area contributed by atoms with Gasteiger partial charge in [-0.1, -0.05) is 35.9 Å². The van der Waals surface area contributed by atoms with Crippen molar-refractivity contribution in [3.8, 4) is 5.75 Å². The molecule has 148 valence electrons. The summed E-state index contributed by atoms with van der Waals surface area (Å²) in [6.45, 7) is 0. The van der Waals surface area contributed by atoms with Crippen LogP contribution < -0.4 is 15.5 Å². The Labute approximate surface area is 169 Å². The summed E-state index contributed by atoms with van der Waals surface area (Å²) < 4.78 is 11.3. The molecule has 2 aromatic rings. The largest absolute Gasteiger partial charge is 0.464 e. The van der Waals surface area contributed by atoms with Crippen molar-refractivity contribution >= 4 is 40.1 Å². The maximum absolute atomic E-state index is 12.2. The molecule has 0 spiro atoms. The molecule has 2 fully saturated rings. The number of amides is 1. The normalized spacial score (nSPS) is 16.9. The van der Waals surface area contributed by atoms with E-state index in [9.17, 15) is 14.4 Å². The van der Waals surface area contributed by atoms with Gasteiger partial charge >= 0.3 is 5.97 Å². The number of carbonyl (C=O) groups is 2. The number of thioether (sulfide) groups is 1. The number of nitrogens with zero attached hydrogens (tertiary/aromatic N) is 2. The molecule has 4 rings (SSSR count). The third kappa shape index (κ3) is 4.79. The molecule has 0 aromatic carbocycles. The molecule has 10 heteroatoms. The Morgan fingerprint density at radius 1 is 1.21 bits per heavy atom. The van der Waals surface area contributed by atoms with E-state index in [1.807, 2.05) is 0 Å². The zero-order valence-corrected chi connectivity index (χ0v) is 16.6. The quantitative estimate of drug-likeness (QED) is 0.412. The van der Waals surface area contributed by atoms with Crippen molar-refractivity contribution in [1.29, 1.82) is 0 Å². The molecule has 1 amide bonds. The summed E-state index contributed by atoms with van der Waals surface area (Å²) in [6.07, 6.45) is 6.69. The number of carbonyl (C=O) groups excluding carboxylic acids is 2. The molecule has 0 atom stereocenters. The number of hydrogen-bond acceptors (Lipinski definition) is 9. The maximum Gasteiger partial charge on any atom is 0.314 e. The molecule has 2 aromatic heterocycles. The Kier molecular flexibility index (Phi) is 5.77. The SMILES string of the molecule is O=C(Nc1nnc(SCc2cc(=O)c(OC(=O)C3CCCC3)co2)s1)C1CC1. The van der Waals surface area contributed by atoms with Crippen LogP contribution in [-0.2, 0) is 15.3 Å². The summed E-state index contributed by atoms with van der Waals surface area (Å²) in [7, 11) is 0. The number of ether oxygens (including phenoxy) is 1. The molecule has 28 heavy (non-hydrogen) atoms. The van der Waals surface area contributed by atoms with Crippen LogP contribution in [0.1, 0.15) is 44.3 Å². The van der Waals surface area contributed by atoms with E-state index < -0.39 is 0 Å². The van der Waals surface area contributed by atoms with Crippen LogP contribution >= 0.6 is 23.1 Å². The molecule has 2 aliphatic carbocycles. The molecule has 2 saturated carbocycles. The van der Waals surface area contributed by atoms with Gasteiger partial charge in [0.05, 0.1) is 11.7 Å². The highest BCUT2D eigenvalue weighted by Crippen LogP contribution is 2.32. The second-order valence-corrected chi connectivity index (χ2v) is 9.10. The predicted molar refractivity (Wildman–Crippen MR) is 103 cm³/mol. The van der Waals surface area contributed by atoms with E-state index in [-0.39, 0.29) is 34.9 Å². The van der Waals surface area contributed by atoms with E-state index in [2.05, 4.69) is 15.5 Å². The minimum absolute atomic E-state index is 0.0126. The molecule has 0 radical (unpaired) electrons. The summed E-state index contributed by atoms with van der Waals surface area (Å²) in [6, 6.07) is 1.32. The lowest BCUT2D eigenvalue weighted by molar-refractivity contribution is -0.138. The number of esters is 1. The average Bonchev–Trinajstić information content (AvgIpc) is 3.20. The van der Waals surface area contributed by atoms with Crippen LogP contribution in [0.3, 0.4) is 0 Å². The van der Waals surface area contributed by atoms with Crippen molar-refractivity contribution in [2.45, 2.75) is 48.6 Å². The van der Waals surface area contributed by atoms with Crippen molar-refractivity contribution in [3.63, 3.8) is 0 Å². The lowest BCUT2D eigenvalue weighted by Crippen LogP contribution is -2.21. The Hall–Kier alpha value is -2.20. The van der Waals surface area contributed by atoms with Crippen LogP contribution in [0.4, 0.5) is 5.13 Å². The summed E-state index contributed by atoms with van der Waals surface area (Å²) in [5, 5.41) is 11.2. The molecule has 2 aliphatic rings. The molecule has 1 N–H and O–H groups in total. The van der Waals surface area contributed by atoms with E-state index in [1.54, 1.807) is 0 Å². The first-order valence-corrected chi connectivity index (χ1v) is 11.0. The minimum Gasteiger partial charge on any atom is -0.464 e. The maximum atomic E-state index is 12.2. The molecule has 0 saturated heterocycles. The highest BCUT2D eigenvalue weighted by Gasteiger charge is 2.30. The van der Waals surface area contributed by atoms with Crippen LogP contribution in [0.2, 0.25) is 0 Å². The predicted octanol–water partition coefficient (Wildman–Crippen LogP) is 3.23. The summed E-state index contributed by atoms with van der Waals surface area (Å²) >= 11 is 2.62. The Bertz CT molecular complexity index is 931. The smallest absolute Gasteiger partial charge is 0.314 e. The fourth-order valence-electron chi connectivity index (χ4n) is 2.95. The monoisotopic (exact) mass is 421 g/mol. The topological polar surface area (TPSA) is 111 Å². The third-order valence-electron chi connectivity index (χ3n) is 4.67. The molecule has 2 heterocycles. The third-order valence-corrected chi connectivity index (χ3v) is 6.67. The standard InChI is InChI=1S/C18H19N3O5S2/c22-13-7-12(25-8-14(13)26-16(24)11-3-1-2-4-11)9-27-18-21-20-17(28-18)19-15(23)10-5-6-10/h7-8,10-11H,1-6,9H2,(H,19,20,23). The highest BCUT2D eigenvalue weighted by molar-refractivity contribution is 8.00. The number of nitrogens with one attached hydrogen (secondary N) is 1. The number of rotatable bonds is 7. The number of aromatic nitrogens is 2. The van der Waals surface area contributed by atoms with Gasteiger partial charge in [0.2, 0.25) is 22.2 Å². The summed E-state index contributed by atoms with van der Waals surface area (Å²) in [4.78, 5) is 35.9. The van der Waals surface area contributed by atoms with Crippen LogP contribution in [0.5, 0.6) is 5.75 Å². The molecule has 0 aliphatic heterocycles. The first-order valence-electron chi connectivity index (χ1n) is 9.19. The zero-order chi connectivity index (χ0) is 19.5. The first kappa shape index (κ1) is 19.1. The van der Waals surface area contributed by atoms with Gasteiger partial charge < -0.3 is 14.5 Å². The van der Waals surface area contributed by atoms with Crippen molar-refractivity contribution in [1.82, 2.24) is 10.2 Å². The molecule has 8 nitrogen and oxygen atoms in total. The Morgan fingerprint density at radius 3 is 2.71 bits per heavy atom. The van der Waals surface area contributed by atoms with E-state index in [0.29, 0.717) is 21.0 Å². The van der Waals surface area contributed by atoms with Gasteiger partial charge in [-0.3, -0.25) is 14.4 Å². The summed E-state index contributed by atoms with van der Waals surface area (Å²) in [5.41, 5.74) is -0.386. The minimum atomic E-state index is -0.386. The number of anilines is 1. The first-order chi connectivity index (χ1) is 13.6. The Morgan fingerprint density at radius 2 is 2.00 bits per heavy atom. The molecule has 0 unspecified atom stereocenters. The van der Waals surface area contributed by atoms with Gasteiger partial charge in [-0.25, -0.2) is 0 Å². The molecule has 0 bridgehead atoms. The van der Waals surface area contributed by atoms with Gasteiger partial charge in [0, 0.05) is 12.0 Å². The Balaban J connectivity index is 1.30. The van der Waals surface area contributed by atoms with Gasteiger partial charge in [-0.05, 0) is 25.7 Å². The lowest BCUT2D eigenvalue weighted by Gasteiger charge is -2.08. The molecular weight excluding hydrogens is 402 g/mol. The van der Waals surface area contributed by atoms with Gasteiger partial charge in [0.25, 0.3) is 0 Å². The van der Waals surface area contributed by atoms with Crippen molar-refractivity contribution in [2.75, 3.05) is 5.32 Å². The van der Waals surface area contributed by atoms with E-state index in [0.717, 1.165) is 38.5 Å². The fraction of sp³-hybridized carbons (Fsp3) is 0.500. The second kappa shape index (κ2) is 8.44. The summed E-state index contributed by atoms with van der Waals surface area (Å²) in [5.74, 6) is 0.346. The van der Waals surface area contributed by atoms with Crippen molar-refractivity contribution < 1.29 is 18.7 Å². The van der Waals surface area contributed by atoms with Gasteiger partial charge in [-0.15, -0.1) is 10.2 Å². The lowest BCUT2D eigenvalue weighted by atomic mass is 10.1. The van der Waals surface area contributed by atoms with E-state index >= 15 is 0 Å². The van der Waals surface area contributed by atoms with Crippen LogP contribution in [0, 0.1) is 11.8 Å².